The van der Waals surface area contributed by atoms with E-state index in [1.54, 1.807) is 19.1 Å². The van der Waals surface area contributed by atoms with Crippen molar-refractivity contribution in [1.82, 2.24) is 0 Å². The average molecular weight is 254 g/mol. The maximum Gasteiger partial charge on any atom is 0.144 e. The summed E-state index contributed by atoms with van der Waals surface area (Å²) in [6, 6.07) is 12.4. The Morgan fingerprint density at radius 1 is 1.26 bits per heavy atom. The molecule has 0 aromatic heterocycles. The molecule has 2 N–H and O–H groups in total. The molecule has 0 heterocycles. The van der Waals surface area contributed by atoms with Gasteiger partial charge in [-0.25, -0.2) is 0 Å². The normalized spacial score (nSPS) is 13.5. The number of hydrogen-bond acceptors (Lipinski definition) is 4. The Hall–Kier alpha value is -2.38. The van der Waals surface area contributed by atoms with Crippen LogP contribution in [0.5, 0.6) is 0 Å². The molecule has 2 aromatic carbocycles. The molecule has 0 bridgehead atoms. The van der Waals surface area contributed by atoms with Gasteiger partial charge in [0.1, 0.15) is 12.3 Å². The number of aliphatic hydroxyl groups is 1. The summed E-state index contributed by atoms with van der Waals surface area (Å²) < 4.78 is 0. The molecule has 2 aromatic rings. The molecule has 0 aliphatic carbocycles. The maximum atomic E-state index is 10.9. The van der Waals surface area contributed by atoms with E-state index in [-0.39, 0.29) is 0 Å². The fourth-order valence-electron chi connectivity index (χ4n) is 1.97. The summed E-state index contributed by atoms with van der Waals surface area (Å²) >= 11 is 0. The molecule has 0 radical (unpaired) electrons. The van der Waals surface area contributed by atoms with E-state index in [2.05, 4.69) is 11.4 Å². The van der Waals surface area contributed by atoms with E-state index in [1.807, 2.05) is 24.3 Å². The van der Waals surface area contributed by atoms with Crippen molar-refractivity contribution in [2.45, 2.75) is 19.1 Å². The first-order valence-electron chi connectivity index (χ1n) is 5.99. The number of carbonyl (C=O) groups is 1. The van der Waals surface area contributed by atoms with Crippen molar-refractivity contribution in [1.29, 1.82) is 5.26 Å². The fourth-order valence-corrected chi connectivity index (χ4v) is 1.97. The van der Waals surface area contributed by atoms with E-state index >= 15 is 0 Å². The van der Waals surface area contributed by atoms with Crippen LogP contribution in [-0.2, 0) is 4.79 Å². The molecule has 0 spiro atoms. The number of hydrogen-bond donors (Lipinski definition) is 2. The van der Waals surface area contributed by atoms with Crippen molar-refractivity contribution in [3.63, 3.8) is 0 Å². The van der Waals surface area contributed by atoms with Gasteiger partial charge in [0.15, 0.2) is 0 Å². The van der Waals surface area contributed by atoms with Crippen LogP contribution in [0.2, 0.25) is 0 Å². The zero-order valence-corrected chi connectivity index (χ0v) is 10.5. The van der Waals surface area contributed by atoms with Crippen LogP contribution in [0.4, 0.5) is 5.69 Å². The Morgan fingerprint density at radius 3 is 2.53 bits per heavy atom. The first kappa shape index (κ1) is 13.1. The van der Waals surface area contributed by atoms with Crippen LogP contribution in [0, 0.1) is 11.3 Å². The number of fused-ring (bicyclic) bond motifs is 1. The third kappa shape index (κ3) is 2.56. The summed E-state index contributed by atoms with van der Waals surface area (Å²) in [6.07, 6.45) is -0.107. The van der Waals surface area contributed by atoms with E-state index in [0.717, 1.165) is 16.5 Å². The molecule has 0 fully saturated rings. The zero-order chi connectivity index (χ0) is 13.8. The summed E-state index contributed by atoms with van der Waals surface area (Å²) in [6.45, 7) is 1.55. The van der Waals surface area contributed by atoms with Gasteiger partial charge >= 0.3 is 0 Å². The topological polar surface area (TPSA) is 73.1 Å². The van der Waals surface area contributed by atoms with Crippen LogP contribution >= 0.6 is 0 Å². The summed E-state index contributed by atoms with van der Waals surface area (Å²) in [5, 5.41) is 23.3. The van der Waals surface area contributed by atoms with Crippen LogP contribution in [0.15, 0.2) is 36.4 Å². The largest absolute Gasteiger partial charge is 0.391 e. The number of anilines is 1. The minimum Gasteiger partial charge on any atom is -0.391 e. The predicted molar refractivity (Wildman–Crippen MR) is 73.8 cm³/mol. The number of nitrogens with zero attached hydrogens (tertiary/aromatic N) is 1. The number of rotatable bonds is 4. The van der Waals surface area contributed by atoms with Gasteiger partial charge in [-0.2, -0.15) is 5.26 Å². The number of benzene rings is 2. The second-order valence-corrected chi connectivity index (χ2v) is 4.36. The van der Waals surface area contributed by atoms with Crippen molar-refractivity contribution in [2.75, 3.05) is 5.32 Å². The first-order chi connectivity index (χ1) is 9.17. The highest BCUT2D eigenvalue weighted by Gasteiger charge is 2.15. The lowest BCUT2D eigenvalue weighted by molar-refractivity contribution is -0.110. The molecule has 2 rings (SSSR count). The third-order valence-electron chi connectivity index (χ3n) is 3.03. The van der Waals surface area contributed by atoms with Gasteiger partial charge in [0, 0.05) is 16.5 Å². The summed E-state index contributed by atoms with van der Waals surface area (Å²) in [4.78, 5) is 10.9. The van der Waals surface area contributed by atoms with Gasteiger partial charge in [-0.1, -0.05) is 24.3 Å². The second-order valence-electron chi connectivity index (χ2n) is 4.36. The molecule has 4 nitrogen and oxygen atoms in total. The average Bonchev–Trinajstić information content (AvgIpc) is 2.44. The lowest BCUT2D eigenvalue weighted by Crippen LogP contribution is -2.32. The van der Waals surface area contributed by atoms with E-state index in [9.17, 15) is 9.90 Å². The molecule has 0 saturated heterocycles. The number of aliphatic hydroxyl groups excluding tert-OH is 1. The SMILES string of the molecule is C[C@H](O)[C@H](C=O)Nc1ccc(C#N)c2ccccc12. The van der Waals surface area contributed by atoms with Crippen LogP contribution in [-0.4, -0.2) is 23.5 Å². The predicted octanol–water partition coefficient (Wildman–Crippen LogP) is 2.07. The van der Waals surface area contributed by atoms with Crippen molar-refractivity contribution in [3.8, 4) is 6.07 Å². The molecular formula is C15H14N2O2. The summed E-state index contributed by atoms with van der Waals surface area (Å²) in [5.41, 5.74) is 1.31. The van der Waals surface area contributed by atoms with E-state index in [4.69, 9.17) is 5.26 Å². The molecule has 4 heteroatoms. The molecule has 0 aliphatic rings. The smallest absolute Gasteiger partial charge is 0.144 e. The zero-order valence-electron chi connectivity index (χ0n) is 10.5. The lowest BCUT2D eigenvalue weighted by Gasteiger charge is -2.18. The Morgan fingerprint density at radius 2 is 1.95 bits per heavy atom. The second kappa shape index (κ2) is 5.51. The van der Waals surface area contributed by atoms with E-state index in [0.29, 0.717) is 11.8 Å². The highest BCUT2D eigenvalue weighted by Crippen LogP contribution is 2.26. The quantitative estimate of drug-likeness (QED) is 0.819. The van der Waals surface area contributed by atoms with Crippen molar-refractivity contribution in [2.24, 2.45) is 0 Å². The molecule has 19 heavy (non-hydrogen) atoms. The molecule has 0 aliphatic heterocycles. The first-order valence-corrected chi connectivity index (χ1v) is 5.99. The Kier molecular flexibility index (Phi) is 3.79. The van der Waals surface area contributed by atoms with E-state index in [1.165, 1.54) is 0 Å². The Labute approximate surface area is 111 Å². The molecule has 2 atom stereocenters. The number of nitriles is 1. The number of carbonyl (C=O) groups excluding carboxylic acids is 1. The summed E-state index contributed by atoms with van der Waals surface area (Å²) in [7, 11) is 0. The Balaban J connectivity index is 2.51. The maximum absolute atomic E-state index is 10.9. The van der Waals surface area contributed by atoms with Gasteiger partial charge in [-0.3, -0.25) is 0 Å². The standard InChI is InChI=1S/C15H14N2O2/c1-10(19)15(9-18)17-14-7-6-11(8-16)12-4-2-3-5-13(12)14/h2-7,9-10,15,17,19H,1H3/t10-,15-/m0/s1. The van der Waals surface area contributed by atoms with Crippen LogP contribution < -0.4 is 5.32 Å². The fraction of sp³-hybridized carbons (Fsp3) is 0.200. The molecule has 96 valence electrons. The van der Waals surface area contributed by atoms with Gasteiger partial charge in [0.2, 0.25) is 0 Å². The number of nitrogens with one attached hydrogen (secondary N) is 1. The van der Waals surface area contributed by atoms with Crippen molar-refractivity contribution >= 4 is 22.7 Å². The highest BCUT2D eigenvalue weighted by molar-refractivity contribution is 5.98. The summed E-state index contributed by atoms with van der Waals surface area (Å²) in [5.74, 6) is 0. The van der Waals surface area contributed by atoms with Crippen molar-refractivity contribution < 1.29 is 9.90 Å². The van der Waals surface area contributed by atoms with Crippen LogP contribution in [0.3, 0.4) is 0 Å². The van der Waals surface area contributed by atoms with Gasteiger partial charge < -0.3 is 15.2 Å². The van der Waals surface area contributed by atoms with Crippen LogP contribution in [0.25, 0.3) is 10.8 Å². The van der Waals surface area contributed by atoms with Gasteiger partial charge in [-0.15, -0.1) is 0 Å². The van der Waals surface area contributed by atoms with E-state index < -0.39 is 12.1 Å². The number of aldehydes is 1. The molecule has 0 unspecified atom stereocenters. The minimum atomic E-state index is -0.785. The van der Waals surface area contributed by atoms with Crippen molar-refractivity contribution in [3.05, 3.63) is 42.0 Å². The van der Waals surface area contributed by atoms with Gasteiger partial charge in [-0.05, 0) is 19.1 Å². The Bertz CT molecular complexity index is 644. The highest BCUT2D eigenvalue weighted by atomic mass is 16.3. The minimum absolute atomic E-state index is 0.584. The molecular weight excluding hydrogens is 240 g/mol. The van der Waals surface area contributed by atoms with Gasteiger partial charge in [0.05, 0.1) is 17.7 Å². The van der Waals surface area contributed by atoms with Gasteiger partial charge in [0.25, 0.3) is 0 Å². The molecule has 0 saturated carbocycles. The lowest BCUT2D eigenvalue weighted by atomic mass is 10.0. The monoisotopic (exact) mass is 254 g/mol. The van der Waals surface area contributed by atoms with Crippen LogP contribution in [0.1, 0.15) is 12.5 Å². The third-order valence-corrected chi connectivity index (χ3v) is 3.03. The molecule has 0 amide bonds.